The Morgan fingerprint density at radius 1 is 0.642 bits per heavy atom. The molecular weight excluding hydrogens is 653 g/mol. The number of unbranched alkanes of at least 4 members (excludes halogenated alkanes) is 2. The lowest BCUT2D eigenvalue weighted by Gasteiger charge is -2.39. The van der Waals surface area contributed by atoms with Crippen LogP contribution in [0.3, 0.4) is 0 Å². The summed E-state index contributed by atoms with van der Waals surface area (Å²) in [5, 5.41) is 2.19. The molecule has 1 aliphatic heterocycles. The van der Waals surface area contributed by atoms with Crippen molar-refractivity contribution in [3.05, 3.63) is 161 Å². The Morgan fingerprint density at radius 3 is 1.87 bits per heavy atom. The molecular formula is C49H48O4. The smallest absolute Gasteiger partial charge is 0.178 e. The highest BCUT2D eigenvalue weighted by atomic mass is 16.5. The quantitative estimate of drug-likeness (QED) is 0.112. The van der Waals surface area contributed by atoms with E-state index in [1.54, 1.807) is 7.11 Å². The molecule has 1 aliphatic carbocycles. The average Bonchev–Trinajstić information content (AvgIpc) is 3.46. The van der Waals surface area contributed by atoms with Gasteiger partial charge in [0.25, 0.3) is 0 Å². The zero-order chi connectivity index (χ0) is 36.4. The number of fused-ring (bicyclic) bond motifs is 8. The summed E-state index contributed by atoms with van der Waals surface area (Å²) in [6, 6.07) is 43.0. The number of rotatable bonds is 13. The molecule has 268 valence electrons. The lowest BCUT2D eigenvalue weighted by molar-refractivity contribution is 0.163. The monoisotopic (exact) mass is 700 g/mol. The fraction of sp³-hybridized carbons (Fsp3) is 0.265. The van der Waals surface area contributed by atoms with Crippen LogP contribution < -0.4 is 18.9 Å². The maximum absolute atomic E-state index is 7.61. The van der Waals surface area contributed by atoms with E-state index in [4.69, 9.17) is 18.9 Å². The molecule has 0 fully saturated rings. The summed E-state index contributed by atoms with van der Waals surface area (Å²) >= 11 is 0. The third-order valence-corrected chi connectivity index (χ3v) is 11.1. The molecule has 4 heteroatoms. The summed E-state index contributed by atoms with van der Waals surface area (Å²) < 4.78 is 25.7. The molecule has 0 amide bonds. The molecule has 0 unspecified atom stereocenters. The molecule has 0 bridgehead atoms. The minimum atomic E-state index is -0.903. The van der Waals surface area contributed by atoms with Crippen molar-refractivity contribution in [3.8, 4) is 34.1 Å². The first-order chi connectivity index (χ1) is 26.0. The summed E-state index contributed by atoms with van der Waals surface area (Å²) in [7, 11) is 1.74. The van der Waals surface area contributed by atoms with E-state index in [1.807, 2.05) is 6.07 Å². The molecule has 6 aromatic rings. The van der Waals surface area contributed by atoms with Gasteiger partial charge in [-0.15, -0.1) is 0 Å². The highest BCUT2D eigenvalue weighted by Crippen LogP contribution is 2.59. The number of hydrogen-bond donors (Lipinski definition) is 0. The highest BCUT2D eigenvalue weighted by Gasteiger charge is 2.46. The molecule has 0 aromatic heterocycles. The van der Waals surface area contributed by atoms with Crippen LogP contribution in [0, 0.1) is 0 Å². The van der Waals surface area contributed by atoms with E-state index in [0.717, 1.165) is 82.6 Å². The maximum Gasteiger partial charge on any atom is 0.178 e. The second-order valence-electron chi connectivity index (χ2n) is 14.6. The van der Waals surface area contributed by atoms with Crippen molar-refractivity contribution in [2.45, 2.75) is 63.9 Å². The zero-order valence-electron chi connectivity index (χ0n) is 31.3. The molecule has 0 saturated carbocycles. The summed E-state index contributed by atoms with van der Waals surface area (Å²) in [6.07, 6.45) is 9.68. The van der Waals surface area contributed by atoms with E-state index >= 15 is 0 Å². The zero-order valence-corrected chi connectivity index (χ0v) is 31.3. The van der Waals surface area contributed by atoms with Gasteiger partial charge in [-0.05, 0) is 101 Å². The average molecular weight is 701 g/mol. The van der Waals surface area contributed by atoms with Gasteiger partial charge >= 0.3 is 0 Å². The molecule has 1 atom stereocenters. The van der Waals surface area contributed by atoms with Gasteiger partial charge < -0.3 is 18.9 Å². The van der Waals surface area contributed by atoms with Crippen LogP contribution >= 0.6 is 0 Å². The second-order valence-corrected chi connectivity index (χ2v) is 14.6. The number of ether oxygens (including phenoxy) is 4. The SMILES string of the molecule is CCCCOc1ccc(C2(c3ccc(OCCCC)cc3)C=Cc3c4c(c5cc(OC)ccc5c3O2)-c2ccccc2[C@@]4(C)Cc2ccccc2)cc1. The van der Waals surface area contributed by atoms with Gasteiger partial charge in [-0.25, -0.2) is 0 Å². The third kappa shape index (κ3) is 6.14. The van der Waals surface area contributed by atoms with Crippen LogP contribution in [0.1, 0.15) is 79.8 Å². The summed E-state index contributed by atoms with van der Waals surface area (Å²) in [5.74, 6) is 3.43. The minimum Gasteiger partial charge on any atom is -0.497 e. The van der Waals surface area contributed by atoms with Crippen LogP contribution in [0.4, 0.5) is 0 Å². The van der Waals surface area contributed by atoms with Crippen molar-refractivity contribution in [2.75, 3.05) is 20.3 Å². The number of benzene rings is 6. The first kappa shape index (κ1) is 34.6. The van der Waals surface area contributed by atoms with E-state index < -0.39 is 5.60 Å². The first-order valence-electron chi connectivity index (χ1n) is 19.2. The standard InChI is InChI=1S/C49H48O4/c1-5-7-30-51-37-22-18-35(19-23-37)49(36-20-24-38(25-21-36)52-31-8-6-2)29-28-42-46-45(43-32-39(50-4)26-27-40(43)47(42)53-49)41-16-12-13-17-44(41)48(46,3)33-34-14-10-9-11-15-34/h9-29,32H,5-8,30-31,33H2,1-4H3/t48-/m1/s1. The Kier molecular flexibility index (Phi) is 9.47. The van der Waals surface area contributed by atoms with Crippen LogP contribution in [0.5, 0.6) is 23.0 Å². The molecule has 0 saturated heterocycles. The first-order valence-corrected chi connectivity index (χ1v) is 19.2. The van der Waals surface area contributed by atoms with E-state index in [0.29, 0.717) is 13.2 Å². The van der Waals surface area contributed by atoms with Gasteiger partial charge in [0.05, 0.1) is 20.3 Å². The minimum absolute atomic E-state index is 0.308. The van der Waals surface area contributed by atoms with Crippen LogP contribution in [0.15, 0.2) is 127 Å². The van der Waals surface area contributed by atoms with Crippen molar-refractivity contribution in [2.24, 2.45) is 0 Å². The molecule has 0 N–H and O–H groups in total. The van der Waals surface area contributed by atoms with E-state index in [1.165, 1.54) is 27.8 Å². The maximum atomic E-state index is 7.61. The fourth-order valence-electron chi connectivity index (χ4n) is 8.35. The van der Waals surface area contributed by atoms with Crippen LogP contribution in [-0.4, -0.2) is 20.3 Å². The molecule has 1 heterocycles. The normalized spacial score (nSPS) is 16.4. The van der Waals surface area contributed by atoms with Crippen LogP contribution in [-0.2, 0) is 17.4 Å². The van der Waals surface area contributed by atoms with E-state index in [-0.39, 0.29) is 5.41 Å². The van der Waals surface area contributed by atoms with Gasteiger partial charge in [-0.3, -0.25) is 0 Å². The van der Waals surface area contributed by atoms with Crippen molar-refractivity contribution < 1.29 is 18.9 Å². The lowest BCUT2D eigenvalue weighted by Crippen LogP contribution is -2.35. The molecule has 53 heavy (non-hydrogen) atoms. The number of methoxy groups -OCH3 is 1. The number of hydrogen-bond acceptors (Lipinski definition) is 4. The van der Waals surface area contributed by atoms with Crippen molar-refractivity contribution >= 4 is 16.8 Å². The van der Waals surface area contributed by atoms with Crippen LogP contribution in [0.25, 0.3) is 28.0 Å². The molecule has 4 nitrogen and oxygen atoms in total. The third-order valence-electron chi connectivity index (χ3n) is 11.1. The van der Waals surface area contributed by atoms with Crippen molar-refractivity contribution in [3.63, 3.8) is 0 Å². The lowest BCUT2D eigenvalue weighted by atomic mass is 9.72. The van der Waals surface area contributed by atoms with Gasteiger partial charge in [0, 0.05) is 27.5 Å². The van der Waals surface area contributed by atoms with Crippen molar-refractivity contribution in [1.82, 2.24) is 0 Å². The Bertz CT molecular complexity index is 2200. The summed E-state index contributed by atoms with van der Waals surface area (Å²) in [4.78, 5) is 0. The Morgan fingerprint density at radius 2 is 1.25 bits per heavy atom. The molecule has 2 aliphatic rings. The van der Waals surface area contributed by atoms with Gasteiger partial charge in [-0.2, -0.15) is 0 Å². The molecule has 0 spiro atoms. The summed E-state index contributed by atoms with van der Waals surface area (Å²) in [6.45, 7) is 8.17. The van der Waals surface area contributed by atoms with Gasteiger partial charge in [0.2, 0.25) is 0 Å². The van der Waals surface area contributed by atoms with E-state index in [2.05, 4.69) is 148 Å². The highest BCUT2D eigenvalue weighted by molar-refractivity contribution is 6.09. The topological polar surface area (TPSA) is 36.9 Å². The molecule has 0 radical (unpaired) electrons. The van der Waals surface area contributed by atoms with E-state index in [9.17, 15) is 0 Å². The Labute approximate surface area is 314 Å². The second kappa shape index (κ2) is 14.5. The summed E-state index contributed by atoms with van der Waals surface area (Å²) in [5.41, 5.74) is 8.42. The van der Waals surface area contributed by atoms with Gasteiger partial charge in [0.1, 0.15) is 23.0 Å². The van der Waals surface area contributed by atoms with Gasteiger partial charge in [0.15, 0.2) is 5.60 Å². The van der Waals surface area contributed by atoms with Gasteiger partial charge in [-0.1, -0.05) is 119 Å². The predicted octanol–water partition coefficient (Wildman–Crippen LogP) is 12.1. The fourth-order valence-corrected chi connectivity index (χ4v) is 8.35. The molecule has 6 aromatic carbocycles. The van der Waals surface area contributed by atoms with Crippen LogP contribution in [0.2, 0.25) is 0 Å². The largest absolute Gasteiger partial charge is 0.497 e. The Hall–Kier alpha value is -5.48. The Balaban J connectivity index is 1.34. The molecule has 8 rings (SSSR count). The van der Waals surface area contributed by atoms with Crippen molar-refractivity contribution in [1.29, 1.82) is 0 Å². The predicted molar refractivity (Wildman–Crippen MR) is 217 cm³/mol.